The lowest BCUT2D eigenvalue weighted by Crippen LogP contribution is -2.51. The van der Waals surface area contributed by atoms with Gasteiger partial charge in [0.2, 0.25) is 5.91 Å². The molecule has 5 heteroatoms. The highest BCUT2D eigenvalue weighted by atomic mass is 16.5. The fourth-order valence-electron chi connectivity index (χ4n) is 2.55. The van der Waals surface area contributed by atoms with Crippen molar-refractivity contribution in [1.82, 2.24) is 15.1 Å². The van der Waals surface area contributed by atoms with Gasteiger partial charge in [0.05, 0.1) is 12.6 Å². The second-order valence-electron chi connectivity index (χ2n) is 4.87. The summed E-state index contributed by atoms with van der Waals surface area (Å²) in [6.45, 7) is 6.02. The Morgan fingerprint density at radius 3 is 2.82 bits per heavy atom. The first-order valence-corrected chi connectivity index (χ1v) is 6.53. The maximum atomic E-state index is 12.1. The van der Waals surface area contributed by atoms with Crippen molar-refractivity contribution in [2.24, 2.45) is 0 Å². The molecule has 1 atom stereocenters. The van der Waals surface area contributed by atoms with E-state index in [2.05, 4.69) is 10.2 Å². The van der Waals surface area contributed by atoms with Crippen molar-refractivity contribution < 1.29 is 9.53 Å². The lowest BCUT2D eigenvalue weighted by Gasteiger charge is -2.34. The summed E-state index contributed by atoms with van der Waals surface area (Å²) in [6, 6.07) is 0. The van der Waals surface area contributed by atoms with Crippen LogP contribution in [0.3, 0.4) is 0 Å². The van der Waals surface area contributed by atoms with Gasteiger partial charge >= 0.3 is 0 Å². The lowest BCUT2D eigenvalue weighted by atomic mass is 10.1. The molecule has 2 aliphatic rings. The number of carbonyl (C=O) groups is 1. The number of nitrogens with zero attached hydrogens (tertiary/aromatic N) is 2. The van der Waals surface area contributed by atoms with Crippen molar-refractivity contribution in [3.8, 4) is 0 Å². The average molecular weight is 241 g/mol. The smallest absolute Gasteiger partial charge is 0.236 e. The zero-order valence-corrected chi connectivity index (χ0v) is 10.7. The van der Waals surface area contributed by atoms with Gasteiger partial charge in [0, 0.05) is 39.8 Å². The summed E-state index contributed by atoms with van der Waals surface area (Å²) >= 11 is 0. The summed E-state index contributed by atoms with van der Waals surface area (Å²) in [4.78, 5) is 16.3. The molecule has 0 spiro atoms. The first-order chi connectivity index (χ1) is 8.29. The van der Waals surface area contributed by atoms with E-state index >= 15 is 0 Å². The SMILES string of the molecule is COC1CCCN(CC(=O)N2CCNCC2)C1. The molecular weight excluding hydrogens is 218 g/mol. The first kappa shape index (κ1) is 12.8. The number of carbonyl (C=O) groups excluding carboxylic acids is 1. The first-order valence-electron chi connectivity index (χ1n) is 6.53. The van der Waals surface area contributed by atoms with E-state index in [1.165, 1.54) is 0 Å². The number of piperazine rings is 1. The lowest BCUT2D eigenvalue weighted by molar-refractivity contribution is -0.133. The minimum absolute atomic E-state index is 0.267. The van der Waals surface area contributed by atoms with Gasteiger partial charge in [-0.15, -0.1) is 0 Å². The van der Waals surface area contributed by atoms with Gasteiger partial charge in [-0.05, 0) is 19.4 Å². The van der Waals surface area contributed by atoms with Crippen molar-refractivity contribution in [3.05, 3.63) is 0 Å². The standard InChI is InChI=1S/C12H23N3O2/c1-17-11-3-2-6-14(9-11)10-12(16)15-7-4-13-5-8-15/h11,13H,2-10H2,1H3. The van der Waals surface area contributed by atoms with E-state index < -0.39 is 0 Å². The van der Waals surface area contributed by atoms with Crippen LogP contribution in [-0.4, -0.2) is 74.7 Å². The van der Waals surface area contributed by atoms with Crippen LogP contribution in [0.25, 0.3) is 0 Å². The summed E-state index contributed by atoms with van der Waals surface area (Å²) in [5, 5.41) is 3.26. The summed E-state index contributed by atoms with van der Waals surface area (Å²) in [5.41, 5.74) is 0. The van der Waals surface area contributed by atoms with Crippen molar-refractivity contribution in [1.29, 1.82) is 0 Å². The Balaban J connectivity index is 1.77. The molecular formula is C12H23N3O2. The van der Waals surface area contributed by atoms with E-state index in [9.17, 15) is 4.79 Å². The number of nitrogens with one attached hydrogen (secondary N) is 1. The number of hydrogen-bond donors (Lipinski definition) is 1. The van der Waals surface area contributed by atoms with Crippen LogP contribution in [0.15, 0.2) is 0 Å². The van der Waals surface area contributed by atoms with Gasteiger partial charge in [-0.3, -0.25) is 9.69 Å². The van der Waals surface area contributed by atoms with E-state index in [1.807, 2.05) is 4.90 Å². The molecule has 2 saturated heterocycles. The monoisotopic (exact) mass is 241 g/mol. The predicted molar refractivity (Wildman–Crippen MR) is 65.9 cm³/mol. The third-order valence-electron chi connectivity index (χ3n) is 3.62. The second kappa shape index (κ2) is 6.33. The van der Waals surface area contributed by atoms with Crippen LogP contribution in [-0.2, 0) is 9.53 Å². The Hall–Kier alpha value is -0.650. The summed E-state index contributed by atoms with van der Waals surface area (Å²) in [6.07, 6.45) is 2.56. The normalized spacial score (nSPS) is 27.1. The molecule has 0 aliphatic carbocycles. The number of rotatable bonds is 3. The van der Waals surface area contributed by atoms with Crippen LogP contribution >= 0.6 is 0 Å². The number of hydrogen-bond acceptors (Lipinski definition) is 4. The fraction of sp³-hybridized carbons (Fsp3) is 0.917. The van der Waals surface area contributed by atoms with Crippen LogP contribution in [0, 0.1) is 0 Å². The van der Waals surface area contributed by atoms with Crippen LogP contribution < -0.4 is 5.32 Å². The maximum absolute atomic E-state index is 12.1. The van der Waals surface area contributed by atoms with Gasteiger partial charge in [0.25, 0.3) is 0 Å². The Morgan fingerprint density at radius 2 is 2.12 bits per heavy atom. The molecule has 2 fully saturated rings. The Kier molecular flexibility index (Phi) is 4.76. The topological polar surface area (TPSA) is 44.8 Å². The fourth-order valence-corrected chi connectivity index (χ4v) is 2.55. The number of amides is 1. The van der Waals surface area contributed by atoms with Crippen molar-refractivity contribution >= 4 is 5.91 Å². The molecule has 1 N–H and O–H groups in total. The van der Waals surface area contributed by atoms with E-state index in [4.69, 9.17) is 4.74 Å². The molecule has 2 aliphatic heterocycles. The second-order valence-corrected chi connectivity index (χ2v) is 4.87. The zero-order chi connectivity index (χ0) is 12.1. The summed E-state index contributed by atoms with van der Waals surface area (Å²) in [5.74, 6) is 0.267. The van der Waals surface area contributed by atoms with Crippen LogP contribution in [0.1, 0.15) is 12.8 Å². The molecule has 0 saturated carbocycles. The van der Waals surface area contributed by atoms with E-state index in [0.717, 1.165) is 52.1 Å². The summed E-state index contributed by atoms with van der Waals surface area (Å²) < 4.78 is 5.37. The Morgan fingerprint density at radius 1 is 1.35 bits per heavy atom. The molecule has 0 aromatic rings. The van der Waals surface area contributed by atoms with Crippen molar-refractivity contribution in [3.63, 3.8) is 0 Å². The highest BCUT2D eigenvalue weighted by Gasteiger charge is 2.23. The molecule has 1 amide bonds. The molecule has 17 heavy (non-hydrogen) atoms. The molecule has 0 bridgehead atoms. The quantitative estimate of drug-likeness (QED) is 0.725. The molecule has 0 aromatic heterocycles. The largest absolute Gasteiger partial charge is 0.380 e. The van der Waals surface area contributed by atoms with Gasteiger partial charge in [-0.25, -0.2) is 0 Å². The Labute approximate surface area is 103 Å². The number of methoxy groups -OCH3 is 1. The van der Waals surface area contributed by atoms with E-state index in [1.54, 1.807) is 7.11 Å². The van der Waals surface area contributed by atoms with Gasteiger partial charge in [-0.1, -0.05) is 0 Å². The Bertz CT molecular complexity index is 254. The third kappa shape index (κ3) is 3.66. The van der Waals surface area contributed by atoms with Gasteiger partial charge in [-0.2, -0.15) is 0 Å². The molecule has 5 nitrogen and oxygen atoms in total. The minimum Gasteiger partial charge on any atom is -0.380 e. The van der Waals surface area contributed by atoms with Crippen LogP contribution in [0.2, 0.25) is 0 Å². The van der Waals surface area contributed by atoms with Crippen LogP contribution in [0.4, 0.5) is 0 Å². The molecule has 1 unspecified atom stereocenters. The number of ether oxygens (including phenoxy) is 1. The van der Waals surface area contributed by atoms with Crippen LogP contribution in [0.5, 0.6) is 0 Å². The zero-order valence-electron chi connectivity index (χ0n) is 10.7. The van der Waals surface area contributed by atoms with E-state index in [0.29, 0.717) is 12.6 Å². The number of likely N-dealkylation sites (tertiary alicyclic amines) is 1. The molecule has 2 rings (SSSR count). The summed E-state index contributed by atoms with van der Waals surface area (Å²) in [7, 11) is 1.76. The van der Waals surface area contributed by atoms with Crippen molar-refractivity contribution in [2.75, 3.05) is 52.9 Å². The van der Waals surface area contributed by atoms with Gasteiger partial charge in [0.1, 0.15) is 0 Å². The molecule has 0 aromatic carbocycles. The van der Waals surface area contributed by atoms with E-state index in [-0.39, 0.29) is 5.91 Å². The predicted octanol–water partition coefficient (Wildman–Crippen LogP) is -0.471. The minimum atomic E-state index is 0.267. The number of piperidine rings is 1. The van der Waals surface area contributed by atoms with Crippen molar-refractivity contribution in [2.45, 2.75) is 18.9 Å². The molecule has 98 valence electrons. The van der Waals surface area contributed by atoms with Gasteiger partial charge < -0.3 is 15.0 Å². The third-order valence-corrected chi connectivity index (χ3v) is 3.62. The molecule has 2 heterocycles. The highest BCUT2D eigenvalue weighted by Crippen LogP contribution is 2.12. The van der Waals surface area contributed by atoms with Gasteiger partial charge in [0.15, 0.2) is 0 Å². The average Bonchev–Trinajstić information content (AvgIpc) is 2.40. The molecule has 0 radical (unpaired) electrons. The highest BCUT2D eigenvalue weighted by molar-refractivity contribution is 5.78. The maximum Gasteiger partial charge on any atom is 0.236 e.